The largest absolute Gasteiger partial charge is 0.463 e. The highest BCUT2D eigenvalue weighted by atomic mass is 16.4. The third-order valence-electron chi connectivity index (χ3n) is 3.25. The van der Waals surface area contributed by atoms with E-state index in [9.17, 15) is 5.11 Å². The highest BCUT2D eigenvalue weighted by Crippen LogP contribution is 2.26. The molecule has 0 spiro atoms. The molecule has 1 atom stereocenters. The quantitative estimate of drug-likeness (QED) is 0.777. The topological polar surface area (TPSA) is 46.3 Å². The summed E-state index contributed by atoms with van der Waals surface area (Å²) < 4.78 is 5.59. The molecule has 3 heteroatoms. The zero-order valence-corrected chi connectivity index (χ0v) is 10.7. The molecule has 0 aliphatic carbocycles. The number of benzene rings is 1. The van der Waals surface area contributed by atoms with Crippen molar-refractivity contribution in [2.75, 3.05) is 0 Å². The summed E-state index contributed by atoms with van der Waals surface area (Å²) in [4.78, 5) is 4.30. The minimum Gasteiger partial charge on any atom is -0.463 e. The molecule has 0 saturated heterocycles. The number of aliphatic hydroxyl groups excluding tert-OH is 1. The number of hydrogen-bond donors (Lipinski definition) is 1. The van der Waals surface area contributed by atoms with Gasteiger partial charge in [-0.15, -0.1) is 0 Å². The predicted molar refractivity (Wildman–Crippen MR) is 73.9 cm³/mol. The van der Waals surface area contributed by atoms with E-state index in [2.05, 4.69) is 4.98 Å². The molecule has 1 aromatic carbocycles. The van der Waals surface area contributed by atoms with Gasteiger partial charge in [0.25, 0.3) is 0 Å². The van der Waals surface area contributed by atoms with Crippen molar-refractivity contribution in [3.63, 3.8) is 0 Å². The van der Waals surface area contributed by atoms with Crippen LogP contribution in [0.3, 0.4) is 0 Å². The van der Waals surface area contributed by atoms with Crippen LogP contribution >= 0.6 is 0 Å². The number of furan rings is 1. The third kappa shape index (κ3) is 2.25. The number of aryl methyl sites for hydroxylation is 1. The molecule has 96 valence electrons. The van der Waals surface area contributed by atoms with Gasteiger partial charge in [-0.2, -0.15) is 0 Å². The minimum atomic E-state index is -0.744. The van der Waals surface area contributed by atoms with Crippen molar-refractivity contribution in [3.8, 4) is 0 Å². The SMILES string of the molecule is CCc1ccc(C(O)c2ccc3cccnc3c2)o1. The van der Waals surface area contributed by atoms with Gasteiger partial charge in [0.15, 0.2) is 0 Å². The third-order valence-corrected chi connectivity index (χ3v) is 3.25. The van der Waals surface area contributed by atoms with Crippen LogP contribution in [0.4, 0.5) is 0 Å². The van der Waals surface area contributed by atoms with Crippen LogP contribution in [0.25, 0.3) is 10.9 Å². The Morgan fingerprint density at radius 1 is 1.21 bits per heavy atom. The summed E-state index contributed by atoms with van der Waals surface area (Å²) in [7, 11) is 0. The maximum absolute atomic E-state index is 10.3. The Bertz CT molecular complexity index is 703. The molecule has 2 aromatic heterocycles. The van der Waals surface area contributed by atoms with Crippen molar-refractivity contribution in [1.29, 1.82) is 0 Å². The summed E-state index contributed by atoms with van der Waals surface area (Å²) in [5, 5.41) is 11.4. The minimum absolute atomic E-state index is 0.576. The average molecular weight is 253 g/mol. The van der Waals surface area contributed by atoms with Crippen LogP contribution in [0.2, 0.25) is 0 Å². The molecule has 3 rings (SSSR count). The van der Waals surface area contributed by atoms with Crippen LogP contribution in [-0.2, 0) is 6.42 Å². The lowest BCUT2D eigenvalue weighted by molar-refractivity contribution is 0.187. The van der Waals surface area contributed by atoms with Crippen LogP contribution < -0.4 is 0 Å². The van der Waals surface area contributed by atoms with Crippen molar-refractivity contribution < 1.29 is 9.52 Å². The summed E-state index contributed by atoms with van der Waals surface area (Å²) in [5.74, 6) is 1.46. The molecule has 0 fully saturated rings. The Kier molecular flexibility index (Phi) is 3.05. The van der Waals surface area contributed by atoms with E-state index < -0.39 is 6.10 Å². The molecular formula is C16H15NO2. The monoisotopic (exact) mass is 253 g/mol. The van der Waals surface area contributed by atoms with Gasteiger partial charge in [0.2, 0.25) is 0 Å². The molecular weight excluding hydrogens is 238 g/mol. The van der Waals surface area contributed by atoms with E-state index in [0.717, 1.165) is 28.6 Å². The first kappa shape index (κ1) is 11.9. The van der Waals surface area contributed by atoms with Gasteiger partial charge in [0, 0.05) is 18.0 Å². The fourth-order valence-corrected chi connectivity index (χ4v) is 2.15. The maximum atomic E-state index is 10.3. The molecule has 2 heterocycles. The number of nitrogens with zero attached hydrogens (tertiary/aromatic N) is 1. The van der Waals surface area contributed by atoms with Crippen LogP contribution in [-0.4, -0.2) is 10.1 Å². The van der Waals surface area contributed by atoms with E-state index in [4.69, 9.17) is 4.42 Å². The highest BCUT2D eigenvalue weighted by Gasteiger charge is 2.15. The van der Waals surface area contributed by atoms with Gasteiger partial charge >= 0.3 is 0 Å². The lowest BCUT2D eigenvalue weighted by atomic mass is 10.1. The van der Waals surface area contributed by atoms with E-state index in [0.29, 0.717) is 5.76 Å². The van der Waals surface area contributed by atoms with Crippen molar-refractivity contribution in [2.24, 2.45) is 0 Å². The van der Waals surface area contributed by atoms with Gasteiger partial charge in [0.05, 0.1) is 5.52 Å². The van der Waals surface area contributed by atoms with Gasteiger partial charge in [0.1, 0.15) is 17.6 Å². The number of aliphatic hydroxyl groups is 1. The molecule has 19 heavy (non-hydrogen) atoms. The first-order chi connectivity index (χ1) is 9.28. The van der Waals surface area contributed by atoms with E-state index in [1.54, 1.807) is 6.20 Å². The Morgan fingerprint density at radius 2 is 2.11 bits per heavy atom. The average Bonchev–Trinajstić information content (AvgIpc) is 2.95. The van der Waals surface area contributed by atoms with Crippen molar-refractivity contribution in [3.05, 3.63) is 65.7 Å². The fraction of sp³-hybridized carbons (Fsp3) is 0.188. The van der Waals surface area contributed by atoms with E-state index in [1.165, 1.54) is 0 Å². The van der Waals surface area contributed by atoms with Gasteiger partial charge in [-0.05, 0) is 29.8 Å². The Labute approximate surface area is 111 Å². The number of hydrogen-bond acceptors (Lipinski definition) is 3. The van der Waals surface area contributed by atoms with Crippen LogP contribution in [0.5, 0.6) is 0 Å². The van der Waals surface area contributed by atoms with Crippen LogP contribution in [0.15, 0.2) is 53.1 Å². The van der Waals surface area contributed by atoms with E-state index in [1.807, 2.05) is 49.4 Å². The standard InChI is InChI=1S/C16H15NO2/c1-2-13-7-8-15(19-13)16(18)12-6-5-11-4-3-9-17-14(11)10-12/h3-10,16,18H,2H2,1H3. The number of rotatable bonds is 3. The lowest BCUT2D eigenvalue weighted by Crippen LogP contribution is -1.98. The Balaban J connectivity index is 1.98. The van der Waals surface area contributed by atoms with Gasteiger partial charge in [-0.3, -0.25) is 4.98 Å². The molecule has 0 saturated carbocycles. The lowest BCUT2D eigenvalue weighted by Gasteiger charge is -2.09. The highest BCUT2D eigenvalue weighted by molar-refractivity contribution is 5.79. The van der Waals surface area contributed by atoms with Crippen molar-refractivity contribution in [1.82, 2.24) is 4.98 Å². The van der Waals surface area contributed by atoms with Crippen molar-refractivity contribution in [2.45, 2.75) is 19.4 Å². The molecule has 1 unspecified atom stereocenters. The Morgan fingerprint density at radius 3 is 2.89 bits per heavy atom. The van der Waals surface area contributed by atoms with Gasteiger partial charge in [-0.1, -0.05) is 25.1 Å². The zero-order chi connectivity index (χ0) is 13.2. The number of fused-ring (bicyclic) bond motifs is 1. The molecule has 0 bridgehead atoms. The zero-order valence-electron chi connectivity index (χ0n) is 10.7. The molecule has 0 aliphatic rings. The van der Waals surface area contributed by atoms with Crippen LogP contribution in [0, 0.1) is 0 Å². The second-order valence-electron chi connectivity index (χ2n) is 4.52. The molecule has 3 aromatic rings. The number of aromatic nitrogens is 1. The van der Waals surface area contributed by atoms with Gasteiger partial charge in [-0.25, -0.2) is 0 Å². The van der Waals surface area contributed by atoms with E-state index in [-0.39, 0.29) is 0 Å². The Hall–Kier alpha value is -2.13. The summed E-state index contributed by atoms with van der Waals surface area (Å²) in [5.41, 5.74) is 1.67. The smallest absolute Gasteiger partial charge is 0.137 e. The van der Waals surface area contributed by atoms with E-state index >= 15 is 0 Å². The summed E-state index contributed by atoms with van der Waals surface area (Å²) in [6.07, 6.45) is 1.83. The molecule has 0 radical (unpaired) electrons. The summed E-state index contributed by atoms with van der Waals surface area (Å²) in [6.45, 7) is 2.02. The second kappa shape index (κ2) is 4.86. The number of pyridine rings is 1. The normalized spacial score (nSPS) is 12.7. The first-order valence-electron chi connectivity index (χ1n) is 6.39. The first-order valence-corrected chi connectivity index (χ1v) is 6.39. The predicted octanol–water partition coefficient (Wildman–Crippen LogP) is 3.47. The molecule has 0 aliphatic heterocycles. The summed E-state index contributed by atoms with van der Waals surface area (Å²) in [6, 6.07) is 13.4. The maximum Gasteiger partial charge on any atom is 0.137 e. The molecule has 3 nitrogen and oxygen atoms in total. The van der Waals surface area contributed by atoms with Gasteiger partial charge < -0.3 is 9.52 Å². The molecule has 1 N–H and O–H groups in total. The molecule has 0 amide bonds. The fourth-order valence-electron chi connectivity index (χ4n) is 2.15. The summed E-state index contributed by atoms with van der Waals surface area (Å²) >= 11 is 0. The van der Waals surface area contributed by atoms with Crippen LogP contribution in [0.1, 0.15) is 30.1 Å². The van der Waals surface area contributed by atoms with Crippen molar-refractivity contribution >= 4 is 10.9 Å². The second-order valence-corrected chi connectivity index (χ2v) is 4.52.